The van der Waals surface area contributed by atoms with Gasteiger partial charge in [-0.05, 0) is 24.3 Å². The van der Waals surface area contributed by atoms with Crippen LogP contribution < -0.4 is 9.80 Å². The summed E-state index contributed by atoms with van der Waals surface area (Å²) in [5, 5.41) is 0. The third kappa shape index (κ3) is 3.38. The SMILES string of the molecule is CN(C1=NS(=O)(=O)N=C(N(C)c2ccccc2)O1)c1ccccc1. The lowest BCUT2D eigenvalue weighted by atomic mass is 10.3. The van der Waals surface area contributed by atoms with Crippen LogP contribution >= 0.6 is 0 Å². The van der Waals surface area contributed by atoms with Crippen molar-refractivity contribution in [2.45, 2.75) is 0 Å². The zero-order valence-corrected chi connectivity index (χ0v) is 14.0. The number of rotatable bonds is 2. The molecule has 7 nitrogen and oxygen atoms in total. The summed E-state index contributed by atoms with van der Waals surface area (Å²) in [6.45, 7) is 0. The van der Waals surface area contributed by atoms with Crippen molar-refractivity contribution in [2.24, 2.45) is 8.80 Å². The highest BCUT2D eigenvalue weighted by Gasteiger charge is 2.27. The topological polar surface area (TPSA) is 74.6 Å². The van der Waals surface area contributed by atoms with Gasteiger partial charge < -0.3 is 4.74 Å². The van der Waals surface area contributed by atoms with Gasteiger partial charge in [0, 0.05) is 25.5 Å². The van der Waals surface area contributed by atoms with Gasteiger partial charge in [-0.2, -0.15) is 8.42 Å². The maximum absolute atomic E-state index is 12.0. The van der Waals surface area contributed by atoms with Crippen molar-refractivity contribution in [2.75, 3.05) is 23.9 Å². The molecule has 24 heavy (non-hydrogen) atoms. The molecule has 3 rings (SSSR count). The number of para-hydroxylation sites is 2. The minimum Gasteiger partial charge on any atom is -0.390 e. The molecule has 1 aliphatic rings. The van der Waals surface area contributed by atoms with Gasteiger partial charge in [-0.1, -0.05) is 45.2 Å². The van der Waals surface area contributed by atoms with Crippen molar-refractivity contribution in [3.05, 3.63) is 60.7 Å². The van der Waals surface area contributed by atoms with Gasteiger partial charge in [0.15, 0.2) is 0 Å². The highest BCUT2D eigenvalue weighted by Crippen LogP contribution is 2.19. The van der Waals surface area contributed by atoms with Crippen molar-refractivity contribution in [1.29, 1.82) is 0 Å². The van der Waals surface area contributed by atoms with Gasteiger partial charge >= 0.3 is 22.3 Å². The Kier molecular flexibility index (Phi) is 4.22. The lowest BCUT2D eigenvalue weighted by Crippen LogP contribution is -2.40. The summed E-state index contributed by atoms with van der Waals surface area (Å²) in [6.07, 6.45) is 0. The van der Waals surface area contributed by atoms with Crippen LogP contribution in [0.5, 0.6) is 0 Å². The Morgan fingerprint density at radius 2 is 1.12 bits per heavy atom. The number of hydrogen-bond donors (Lipinski definition) is 0. The van der Waals surface area contributed by atoms with Crippen LogP contribution in [0.25, 0.3) is 0 Å². The molecule has 2 aromatic rings. The molecular formula is C16H16N4O3S. The lowest BCUT2D eigenvalue weighted by Gasteiger charge is -2.26. The maximum Gasteiger partial charge on any atom is 0.372 e. The summed E-state index contributed by atoms with van der Waals surface area (Å²) in [6, 6.07) is 18.3. The summed E-state index contributed by atoms with van der Waals surface area (Å²) in [4.78, 5) is 3.09. The Hall–Kier alpha value is -2.87. The smallest absolute Gasteiger partial charge is 0.372 e. The Balaban J connectivity index is 1.91. The predicted octanol–water partition coefficient (Wildman–Crippen LogP) is 2.25. The van der Waals surface area contributed by atoms with E-state index in [1.807, 2.05) is 60.7 Å². The normalized spacial score (nSPS) is 15.8. The van der Waals surface area contributed by atoms with Gasteiger partial charge in [-0.25, -0.2) is 0 Å². The monoisotopic (exact) mass is 344 g/mol. The number of benzene rings is 2. The van der Waals surface area contributed by atoms with Gasteiger partial charge in [-0.3, -0.25) is 9.80 Å². The molecule has 2 aromatic carbocycles. The van der Waals surface area contributed by atoms with Crippen molar-refractivity contribution in [3.63, 3.8) is 0 Å². The summed E-state index contributed by atoms with van der Waals surface area (Å²) in [5.41, 5.74) is 1.49. The Morgan fingerprint density at radius 1 is 0.750 bits per heavy atom. The molecule has 0 saturated heterocycles. The highest BCUT2D eigenvalue weighted by molar-refractivity contribution is 7.89. The van der Waals surface area contributed by atoms with Crippen molar-refractivity contribution < 1.29 is 13.2 Å². The third-order valence-electron chi connectivity index (χ3n) is 3.43. The molecule has 124 valence electrons. The van der Waals surface area contributed by atoms with Gasteiger partial charge in [0.2, 0.25) is 0 Å². The highest BCUT2D eigenvalue weighted by atomic mass is 32.2. The molecule has 0 saturated carbocycles. The standard InChI is InChI=1S/C16H16N4O3S/c1-19(13-9-5-3-6-10-13)15-17-24(21,22)18-16(23-15)20(2)14-11-7-4-8-12-14/h3-12H,1-2H3. The molecule has 0 fully saturated rings. The van der Waals surface area contributed by atoms with Gasteiger partial charge in [0.05, 0.1) is 0 Å². The first-order valence-corrected chi connectivity index (χ1v) is 8.56. The van der Waals surface area contributed by atoms with E-state index in [2.05, 4.69) is 8.80 Å². The quantitative estimate of drug-likeness (QED) is 0.835. The number of nitrogens with zero attached hydrogens (tertiary/aromatic N) is 4. The van der Waals surface area contributed by atoms with Gasteiger partial charge in [-0.15, -0.1) is 0 Å². The molecule has 0 amide bonds. The molecule has 8 heteroatoms. The fourth-order valence-corrected chi connectivity index (χ4v) is 2.88. The second-order valence-corrected chi connectivity index (χ2v) is 6.35. The third-order valence-corrected chi connectivity index (χ3v) is 4.20. The molecule has 0 unspecified atom stereocenters. The molecule has 1 aliphatic heterocycles. The fraction of sp³-hybridized carbons (Fsp3) is 0.125. The minimum atomic E-state index is -4.02. The Morgan fingerprint density at radius 3 is 1.50 bits per heavy atom. The largest absolute Gasteiger partial charge is 0.390 e. The van der Waals surface area contributed by atoms with Crippen LogP contribution in [0.3, 0.4) is 0 Å². The zero-order chi connectivity index (χ0) is 17.2. The number of amidine groups is 2. The second-order valence-electron chi connectivity index (χ2n) is 5.09. The van der Waals surface area contributed by atoms with E-state index in [1.54, 1.807) is 23.9 Å². The van der Waals surface area contributed by atoms with E-state index in [9.17, 15) is 8.42 Å². The van der Waals surface area contributed by atoms with E-state index in [-0.39, 0.29) is 12.0 Å². The molecule has 0 radical (unpaired) electrons. The zero-order valence-electron chi connectivity index (χ0n) is 13.2. The number of ether oxygens (including phenoxy) is 1. The average molecular weight is 344 g/mol. The van der Waals surface area contributed by atoms with Crippen LogP contribution in [-0.2, 0) is 14.9 Å². The van der Waals surface area contributed by atoms with Crippen molar-refractivity contribution >= 4 is 33.6 Å². The van der Waals surface area contributed by atoms with Crippen LogP contribution in [0, 0.1) is 0 Å². The van der Waals surface area contributed by atoms with Crippen LogP contribution in [0.4, 0.5) is 11.4 Å². The molecule has 1 heterocycles. The second kappa shape index (κ2) is 6.32. The van der Waals surface area contributed by atoms with E-state index in [1.165, 1.54) is 0 Å². The van der Waals surface area contributed by atoms with Crippen molar-refractivity contribution in [1.82, 2.24) is 0 Å². The molecule has 0 aromatic heterocycles. The lowest BCUT2D eigenvalue weighted by molar-refractivity contribution is 0.509. The van der Waals surface area contributed by atoms with Crippen LogP contribution in [-0.4, -0.2) is 34.6 Å². The minimum absolute atomic E-state index is 0.0611. The fourth-order valence-electron chi connectivity index (χ4n) is 2.12. The molecule has 0 spiro atoms. The number of hydrogen-bond acceptors (Lipinski definition) is 5. The molecule has 0 N–H and O–H groups in total. The van der Waals surface area contributed by atoms with Gasteiger partial charge in [0.1, 0.15) is 0 Å². The molecule has 0 atom stereocenters. The molecular weight excluding hydrogens is 328 g/mol. The van der Waals surface area contributed by atoms with Crippen molar-refractivity contribution in [3.8, 4) is 0 Å². The summed E-state index contributed by atoms with van der Waals surface area (Å²) < 4.78 is 36.9. The average Bonchev–Trinajstić information content (AvgIpc) is 2.60. The van der Waals surface area contributed by atoms with Crippen LogP contribution in [0.2, 0.25) is 0 Å². The first-order chi connectivity index (χ1) is 11.5. The van der Waals surface area contributed by atoms with Crippen LogP contribution in [0.1, 0.15) is 0 Å². The summed E-state index contributed by atoms with van der Waals surface area (Å²) in [5.74, 6) is 0. The van der Waals surface area contributed by atoms with E-state index in [4.69, 9.17) is 4.74 Å². The van der Waals surface area contributed by atoms with E-state index in [0.717, 1.165) is 11.4 Å². The molecule has 0 bridgehead atoms. The van der Waals surface area contributed by atoms with E-state index < -0.39 is 10.2 Å². The van der Waals surface area contributed by atoms with E-state index in [0.29, 0.717) is 0 Å². The van der Waals surface area contributed by atoms with Gasteiger partial charge in [0.25, 0.3) is 0 Å². The van der Waals surface area contributed by atoms with Crippen LogP contribution in [0.15, 0.2) is 69.5 Å². The Labute approximate surface area is 140 Å². The predicted molar refractivity (Wildman–Crippen MR) is 94.6 cm³/mol. The maximum atomic E-state index is 12.0. The first-order valence-electron chi connectivity index (χ1n) is 7.16. The van der Waals surface area contributed by atoms with E-state index >= 15 is 0 Å². The summed E-state index contributed by atoms with van der Waals surface area (Å²) in [7, 11) is -0.668. The number of anilines is 2. The Bertz CT molecular complexity index is 813. The molecule has 0 aliphatic carbocycles. The first kappa shape index (κ1) is 16.0. The summed E-state index contributed by atoms with van der Waals surface area (Å²) >= 11 is 0.